The van der Waals surface area contributed by atoms with E-state index in [9.17, 15) is 4.79 Å². The Hall–Kier alpha value is -2.37. The molecule has 0 saturated heterocycles. The van der Waals surface area contributed by atoms with Crippen LogP contribution in [0.25, 0.3) is 16.5 Å². The highest BCUT2D eigenvalue weighted by molar-refractivity contribution is 9.09. The summed E-state index contributed by atoms with van der Waals surface area (Å²) in [6.07, 6.45) is 0. The van der Waals surface area contributed by atoms with Crippen molar-refractivity contribution in [2.75, 3.05) is 5.33 Å². The number of nitriles is 2. The molecule has 92 valence electrons. The second kappa shape index (κ2) is 5.51. The molecule has 5 heteroatoms. The molecule has 0 amide bonds. The van der Waals surface area contributed by atoms with E-state index in [1.165, 1.54) is 0 Å². The highest BCUT2D eigenvalue weighted by Gasteiger charge is 2.14. The first-order valence-electron chi connectivity index (χ1n) is 5.34. The van der Waals surface area contributed by atoms with Gasteiger partial charge in [-0.05, 0) is 12.1 Å². The molecule has 0 aliphatic heterocycles. The van der Waals surface area contributed by atoms with E-state index in [4.69, 9.17) is 14.9 Å². The summed E-state index contributed by atoms with van der Waals surface area (Å²) in [6.45, 7) is 0. The van der Waals surface area contributed by atoms with Crippen LogP contribution in [0.5, 0.6) is 0 Å². The fourth-order valence-corrected chi connectivity index (χ4v) is 2.29. The maximum atomic E-state index is 11.9. The smallest absolute Gasteiger partial charge is 0.343 e. The predicted octanol–water partition coefficient (Wildman–Crippen LogP) is 2.99. The molecule has 19 heavy (non-hydrogen) atoms. The lowest BCUT2D eigenvalue weighted by Crippen LogP contribution is -2.08. The second-order valence-corrected chi connectivity index (χ2v) is 4.26. The third-order valence-electron chi connectivity index (χ3n) is 2.63. The number of hydrogen-bond acceptors (Lipinski definition) is 4. The van der Waals surface area contributed by atoms with E-state index in [-0.39, 0.29) is 16.5 Å². The average molecular weight is 315 g/mol. The first-order valence-corrected chi connectivity index (χ1v) is 6.46. The minimum Gasteiger partial charge on any atom is -0.422 e. The van der Waals surface area contributed by atoms with Gasteiger partial charge in [0.25, 0.3) is 0 Å². The number of nitrogens with zero attached hydrogens (tertiary/aromatic N) is 2. The number of alkyl halides is 1. The zero-order valence-electron chi connectivity index (χ0n) is 9.68. The summed E-state index contributed by atoms with van der Waals surface area (Å²) >= 11 is 3.19. The van der Waals surface area contributed by atoms with Crippen LogP contribution in [0.4, 0.5) is 0 Å². The van der Waals surface area contributed by atoms with Gasteiger partial charge in [0.15, 0.2) is 0 Å². The summed E-state index contributed by atoms with van der Waals surface area (Å²) in [4.78, 5) is 11.9. The molecule has 0 aliphatic carbocycles. The lowest BCUT2D eigenvalue weighted by molar-refractivity contribution is 0.558. The van der Waals surface area contributed by atoms with E-state index in [1.807, 2.05) is 6.07 Å². The fraction of sp³-hybridized carbons (Fsp3) is 0.0714. The molecule has 2 rings (SSSR count). The second-order valence-electron chi connectivity index (χ2n) is 3.70. The highest BCUT2D eigenvalue weighted by Crippen LogP contribution is 2.21. The molecule has 0 radical (unpaired) electrons. The minimum absolute atomic E-state index is 0.0977. The van der Waals surface area contributed by atoms with Gasteiger partial charge in [-0.1, -0.05) is 34.1 Å². The van der Waals surface area contributed by atoms with Gasteiger partial charge in [-0.25, -0.2) is 4.79 Å². The highest BCUT2D eigenvalue weighted by atomic mass is 79.9. The third kappa shape index (κ3) is 2.42. The van der Waals surface area contributed by atoms with Gasteiger partial charge in [0.2, 0.25) is 0 Å². The number of fused-ring (bicyclic) bond motifs is 1. The Kier molecular flexibility index (Phi) is 3.79. The van der Waals surface area contributed by atoms with E-state index in [1.54, 1.807) is 36.4 Å². The van der Waals surface area contributed by atoms with Gasteiger partial charge in [0.05, 0.1) is 5.56 Å². The van der Waals surface area contributed by atoms with Crippen molar-refractivity contribution in [1.29, 1.82) is 10.5 Å². The molecule has 0 bridgehead atoms. The van der Waals surface area contributed by atoms with Gasteiger partial charge in [-0.2, -0.15) is 10.5 Å². The zero-order valence-corrected chi connectivity index (χ0v) is 11.3. The Bertz CT molecular complexity index is 791. The normalized spacial score (nSPS) is 9.63. The van der Waals surface area contributed by atoms with Crippen LogP contribution in [0.1, 0.15) is 5.56 Å². The van der Waals surface area contributed by atoms with Gasteiger partial charge in [-0.15, -0.1) is 0 Å². The van der Waals surface area contributed by atoms with Crippen LogP contribution < -0.4 is 5.63 Å². The number of allylic oxidation sites excluding steroid dienone is 2. The van der Waals surface area contributed by atoms with Crippen molar-refractivity contribution in [3.63, 3.8) is 0 Å². The molecule has 0 N–H and O–H groups in total. The Balaban J connectivity index is 2.80. The maximum absolute atomic E-state index is 11.9. The van der Waals surface area contributed by atoms with Gasteiger partial charge in [0, 0.05) is 16.3 Å². The van der Waals surface area contributed by atoms with Gasteiger partial charge in [-0.3, -0.25) is 0 Å². The monoisotopic (exact) mass is 314 g/mol. The van der Waals surface area contributed by atoms with Crippen LogP contribution in [0.3, 0.4) is 0 Å². The van der Waals surface area contributed by atoms with Crippen LogP contribution in [-0.4, -0.2) is 5.33 Å². The van der Waals surface area contributed by atoms with Crippen LogP contribution in [-0.2, 0) is 0 Å². The summed E-state index contributed by atoms with van der Waals surface area (Å²) in [7, 11) is 0. The van der Waals surface area contributed by atoms with Crippen molar-refractivity contribution in [1.82, 2.24) is 0 Å². The van der Waals surface area contributed by atoms with Gasteiger partial charge < -0.3 is 4.42 Å². The number of hydrogen-bond donors (Lipinski definition) is 0. The van der Waals surface area contributed by atoms with E-state index in [0.717, 1.165) is 5.39 Å². The molecule has 0 saturated carbocycles. The molecule has 1 aromatic carbocycles. The quantitative estimate of drug-likeness (QED) is 0.485. The molecule has 0 aliphatic rings. The van der Waals surface area contributed by atoms with Crippen LogP contribution >= 0.6 is 15.9 Å². The van der Waals surface area contributed by atoms with E-state index in [0.29, 0.717) is 11.2 Å². The summed E-state index contributed by atoms with van der Waals surface area (Å²) < 4.78 is 5.19. The number of rotatable bonds is 2. The molecule has 0 unspecified atom stereocenters. The molecule has 1 aromatic heterocycles. The van der Waals surface area contributed by atoms with Crippen molar-refractivity contribution in [3.05, 3.63) is 51.9 Å². The van der Waals surface area contributed by atoms with Crippen molar-refractivity contribution in [2.45, 2.75) is 0 Å². The minimum atomic E-state index is -0.559. The average Bonchev–Trinajstić information content (AvgIpc) is 2.44. The van der Waals surface area contributed by atoms with Crippen LogP contribution in [0, 0.1) is 22.7 Å². The number of halogens is 1. The molecular formula is C14H7BrN2O2. The predicted molar refractivity (Wildman–Crippen MR) is 74.4 cm³/mol. The van der Waals surface area contributed by atoms with Crippen molar-refractivity contribution < 1.29 is 4.42 Å². The van der Waals surface area contributed by atoms with E-state index in [2.05, 4.69) is 15.9 Å². The van der Waals surface area contributed by atoms with E-state index < -0.39 is 5.63 Å². The summed E-state index contributed by atoms with van der Waals surface area (Å²) in [5, 5.41) is 18.8. The first kappa shape index (κ1) is 13.1. The molecule has 4 nitrogen and oxygen atoms in total. The lowest BCUT2D eigenvalue weighted by Gasteiger charge is -2.04. The lowest BCUT2D eigenvalue weighted by atomic mass is 10.0. The summed E-state index contributed by atoms with van der Waals surface area (Å²) in [6, 6.07) is 12.3. The molecule has 1 heterocycles. The molecule has 0 fully saturated rings. The first-order chi connectivity index (χ1) is 9.21. The van der Waals surface area contributed by atoms with Crippen molar-refractivity contribution >= 4 is 32.5 Å². The largest absolute Gasteiger partial charge is 0.422 e. The third-order valence-corrected chi connectivity index (χ3v) is 3.19. The Morgan fingerprint density at radius 3 is 2.58 bits per heavy atom. The molecular weight excluding hydrogens is 308 g/mol. The van der Waals surface area contributed by atoms with E-state index >= 15 is 0 Å². The standard InChI is InChI=1S/C14H7BrN2O2/c15-6-12(10(7-16)8-17)11-5-9-3-1-2-4-13(9)19-14(11)18/h1-5H,6H2. The van der Waals surface area contributed by atoms with Crippen LogP contribution in [0.2, 0.25) is 0 Å². The topological polar surface area (TPSA) is 77.8 Å². The van der Waals surface area contributed by atoms with Crippen molar-refractivity contribution in [3.8, 4) is 12.1 Å². The Morgan fingerprint density at radius 1 is 1.26 bits per heavy atom. The van der Waals surface area contributed by atoms with Crippen molar-refractivity contribution in [2.24, 2.45) is 0 Å². The fourth-order valence-electron chi connectivity index (χ4n) is 1.71. The van der Waals surface area contributed by atoms with Crippen LogP contribution in [0.15, 0.2) is 45.1 Å². The zero-order chi connectivity index (χ0) is 13.8. The molecule has 0 atom stereocenters. The Labute approximate surface area is 117 Å². The maximum Gasteiger partial charge on any atom is 0.343 e. The SMILES string of the molecule is N#CC(C#N)=C(CBr)c1cc2ccccc2oc1=O. The summed E-state index contributed by atoms with van der Waals surface area (Å²) in [5.41, 5.74) is 0.384. The summed E-state index contributed by atoms with van der Waals surface area (Å²) in [5.74, 6) is 0. The Morgan fingerprint density at radius 2 is 1.95 bits per heavy atom. The molecule has 0 spiro atoms. The number of benzene rings is 1. The van der Waals surface area contributed by atoms with Gasteiger partial charge in [0.1, 0.15) is 23.3 Å². The van der Waals surface area contributed by atoms with Gasteiger partial charge >= 0.3 is 5.63 Å². The number of para-hydroxylation sites is 1. The molecule has 2 aromatic rings.